The van der Waals surface area contributed by atoms with Crippen LogP contribution in [0.4, 0.5) is 5.69 Å². The van der Waals surface area contributed by atoms with E-state index in [9.17, 15) is 14.4 Å². The van der Waals surface area contributed by atoms with Gasteiger partial charge in [-0.15, -0.1) is 0 Å². The van der Waals surface area contributed by atoms with E-state index in [1.54, 1.807) is 47.4 Å². The molecule has 2 aromatic rings. The molecule has 2 aliphatic heterocycles. The number of hydrogen-bond donors (Lipinski definition) is 0. The zero-order valence-corrected chi connectivity index (χ0v) is 14.8. The summed E-state index contributed by atoms with van der Waals surface area (Å²) in [7, 11) is 0. The van der Waals surface area contributed by atoms with Crippen molar-refractivity contribution in [2.75, 3.05) is 24.7 Å². The van der Waals surface area contributed by atoms with E-state index in [1.807, 2.05) is 0 Å². The molecule has 0 N–H and O–H groups in total. The van der Waals surface area contributed by atoms with Crippen LogP contribution >= 0.6 is 0 Å². The van der Waals surface area contributed by atoms with Gasteiger partial charge in [-0.2, -0.15) is 0 Å². The third-order valence-electron chi connectivity index (χ3n) is 4.79. The number of carbonyl (C=O) groups is 3. The molecule has 0 fully saturated rings. The lowest BCUT2D eigenvalue weighted by Crippen LogP contribution is -2.37. The highest BCUT2D eigenvalue weighted by Crippen LogP contribution is 2.31. The molecular formula is C21H19NO5. The molecule has 6 heteroatoms. The number of amides is 1. The first-order valence-corrected chi connectivity index (χ1v) is 8.99. The van der Waals surface area contributed by atoms with E-state index in [-0.39, 0.29) is 30.3 Å². The van der Waals surface area contributed by atoms with Gasteiger partial charge in [-0.3, -0.25) is 14.4 Å². The zero-order valence-electron chi connectivity index (χ0n) is 14.8. The fourth-order valence-corrected chi connectivity index (χ4v) is 3.39. The third kappa shape index (κ3) is 3.43. The minimum absolute atomic E-state index is 0.0435. The monoisotopic (exact) mass is 365 g/mol. The van der Waals surface area contributed by atoms with Crippen molar-refractivity contribution in [3.63, 3.8) is 0 Å². The average Bonchev–Trinajstić information content (AvgIpc) is 2.72. The van der Waals surface area contributed by atoms with Crippen molar-refractivity contribution >= 4 is 23.2 Å². The zero-order chi connectivity index (χ0) is 18.8. The Hall–Kier alpha value is -3.15. The van der Waals surface area contributed by atoms with Gasteiger partial charge in [-0.25, -0.2) is 0 Å². The van der Waals surface area contributed by atoms with Crippen LogP contribution in [-0.2, 0) is 4.79 Å². The van der Waals surface area contributed by atoms with Crippen molar-refractivity contribution in [1.29, 1.82) is 0 Å². The summed E-state index contributed by atoms with van der Waals surface area (Å²) in [5, 5.41) is 0. The molecule has 0 radical (unpaired) electrons. The second-order valence-corrected chi connectivity index (χ2v) is 6.52. The highest BCUT2D eigenvalue weighted by Gasteiger charge is 2.27. The Balaban J connectivity index is 1.43. The number of fused-ring (bicyclic) bond motifs is 2. The van der Waals surface area contributed by atoms with Crippen LogP contribution in [0.3, 0.4) is 0 Å². The van der Waals surface area contributed by atoms with Crippen molar-refractivity contribution in [3.8, 4) is 11.5 Å². The number of anilines is 1. The summed E-state index contributed by atoms with van der Waals surface area (Å²) < 4.78 is 11.0. The number of hydrogen-bond acceptors (Lipinski definition) is 5. The van der Waals surface area contributed by atoms with Crippen LogP contribution in [0, 0.1) is 0 Å². The van der Waals surface area contributed by atoms with Gasteiger partial charge in [0.15, 0.2) is 23.1 Å². The van der Waals surface area contributed by atoms with Crippen molar-refractivity contribution in [1.82, 2.24) is 0 Å². The summed E-state index contributed by atoms with van der Waals surface area (Å²) in [5.74, 6) is 0.954. The molecular weight excluding hydrogens is 346 g/mol. The highest BCUT2D eigenvalue weighted by molar-refractivity contribution is 6.09. The molecule has 0 saturated heterocycles. The molecule has 0 spiro atoms. The quantitative estimate of drug-likeness (QED) is 0.779. The van der Waals surface area contributed by atoms with Gasteiger partial charge in [0.1, 0.15) is 13.2 Å². The highest BCUT2D eigenvalue weighted by atomic mass is 16.6. The van der Waals surface area contributed by atoms with Gasteiger partial charge in [0.2, 0.25) is 5.91 Å². The Morgan fingerprint density at radius 2 is 1.74 bits per heavy atom. The van der Waals surface area contributed by atoms with Crippen molar-refractivity contribution in [2.24, 2.45) is 0 Å². The minimum atomic E-state index is -0.152. The number of ketones is 2. The number of rotatable bonds is 4. The first-order valence-electron chi connectivity index (χ1n) is 8.99. The van der Waals surface area contributed by atoms with Crippen LogP contribution in [0.1, 0.15) is 40.0 Å². The lowest BCUT2D eigenvalue weighted by Gasteiger charge is -2.28. The molecule has 2 heterocycles. The molecule has 0 bridgehead atoms. The van der Waals surface area contributed by atoms with Gasteiger partial charge < -0.3 is 14.4 Å². The molecule has 2 aliphatic rings. The normalized spacial score (nSPS) is 15.3. The molecule has 138 valence electrons. The van der Waals surface area contributed by atoms with Gasteiger partial charge in [0.05, 0.1) is 5.69 Å². The van der Waals surface area contributed by atoms with Crippen LogP contribution in [0.15, 0.2) is 42.5 Å². The van der Waals surface area contributed by atoms with Crippen molar-refractivity contribution in [2.45, 2.75) is 19.3 Å². The van der Waals surface area contributed by atoms with E-state index in [0.717, 1.165) is 0 Å². The topological polar surface area (TPSA) is 72.9 Å². The number of nitrogens with zero attached hydrogens (tertiary/aromatic N) is 1. The van der Waals surface area contributed by atoms with Gasteiger partial charge in [0, 0.05) is 36.9 Å². The van der Waals surface area contributed by atoms with Crippen molar-refractivity contribution in [3.05, 3.63) is 53.6 Å². The second-order valence-electron chi connectivity index (χ2n) is 6.52. The van der Waals surface area contributed by atoms with E-state index >= 15 is 0 Å². The molecule has 0 saturated carbocycles. The standard InChI is InChI=1S/C21H19NO5/c23-17(14-5-7-19-20(13-14)27-12-11-26-19)6-8-21(25)22-10-9-18(24)15-3-1-2-4-16(15)22/h1-5,7,13H,6,8-12H2. The van der Waals surface area contributed by atoms with Gasteiger partial charge in [0.25, 0.3) is 0 Å². The fraction of sp³-hybridized carbons (Fsp3) is 0.286. The number of carbonyl (C=O) groups excluding carboxylic acids is 3. The summed E-state index contributed by atoms with van der Waals surface area (Å²) >= 11 is 0. The molecule has 0 aliphatic carbocycles. The first kappa shape index (κ1) is 17.3. The smallest absolute Gasteiger partial charge is 0.227 e. The number of ether oxygens (including phenoxy) is 2. The lowest BCUT2D eigenvalue weighted by atomic mass is 9.99. The summed E-state index contributed by atoms with van der Waals surface area (Å²) in [4.78, 5) is 38.8. The molecule has 4 rings (SSSR count). The Kier molecular flexibility index (Phi) is 4.62. The van der Waals surface area contributed by atoms with E-state index in [0.29, 0.717) is 54.5 Å². The largest absolute Gasteiger partial charge is 0.486 e. The number of para-hydroxylation sites is 1. The Morgan fingerprint density at radius 3 is 2.59 bits per heavy atom. The third-order valence-corrected chi connectivity index (χ3v) is 4.79. The lowest BCUT2D eigenvalue weighted by molar-refractivity contribution is -0.118. The van der Waals surface area contributed by atoms with Gasteiger partial charge in [-0.1, -0.05) is 12.1 Å². The summed E-state index contributed by atoms with van der Waals surface area (Å²) in [6.07, 6.45) is 0.500. The van der Waals surface area contributed by atoms with E-state index in [4.69, 9.17) is 9.47 Å². The first-order chi connectivity index (χ1) is 13.1. The predicted octanol–water partition coefficient (Wildman–Crippen LogP) is 3.04. The predicted molar refractivity (Wildman–Crippen MR) is 98.7 cm³/mol. The molecule has 0 atom stereocenters. The van der Waals surface area contributed by atoms with Gasteiger partial charge >= 0.3 is 0 Å². The molecule has 27 heavy (non-hydrogen) atoms. The summed E-state index contributed by atoms with van der Waals surface area (Å²) in [6, 6.07) is 12.2. The SMILES string of the molecule is O=C(CCC(=O)N1CCC(=O)c2ccccc21)c1ccc2c(c1)OCCO2. The second kappa shape index (κ2) is 7.23. The fourth-order valence-electron chi connectivity index (χ4n) is 3.39. The number of Topliss-reactive ketones (excluding diaryl/α,β-unsaturated/α-hetero) is 2. The maximum atomic E-state index is 12.7. The van der Waals surface area contributed by atoms with Crippen LogP contribution in [0.5, 0.6) is 11.5 Å². The van der Waals surface area contributed by atoms with E-state index in [2.05, 4.69) is 0 Å². The summed E-state index contributed by atoms with van der Waals surface area (Å²) in [6.45, 7) is 1.30. The van der Waals surface area contributed by atoms with Crippen LogP contribution in [0.25, 0.3) is 0 Å². The Bertz CT molecular complexity index is 921. The van der Waals surface area contributed by atoms with Crippen molar-refractivity contribution < 1.29 is 23.9 Å². The molecule has 0 unspecified atom stereocenters. The summed E-state index contributed by atoms with van der Waals surface area (Å²) in [5.41, 5.74) is 1.70. The van der Waals surface area contributed by atoms with E-state index < -0.39 is 0 Å². The molecule has 2 aromatic carbocycles. The Labute approximate surface area is 156 Å². The van der Waals surface area contributed by atoms with Gasteiger partial charge in [-0.05, 0) is 30.3 Å². The molecule has 6 nitrogen and oxygen atoms in total. The minimum Gasteiger partial charge on any atom is -0.486 e. The Morgan fingerprint density at radius 1 is 0.963 bits per heavy atom. The maximum Gasteiger partial charge on any atom is 0.227 e. The molecule has 1 amide bonds. The maximum absolute atomic E-state index is 12.7. The molecule has 0 aromatic heterocycles. The number of benzene rings is 2. The van der Waals surface area contributed by atoms with Crippen LogP contribution in [0.2, 0.25) is 0 Å². The van der Waals surface area contributed by atoms with E-state index in [1.165, 1.54) is 0 Å². The van der Waals surface area contributed by atoms with Crippen LogP contribution < -0.4 is 14.4 Å². The van der Waals surface area contributed by atoms with Crippen LogP contribution in [-0.4, -0.2) is 37.2 Å². The average molecular weight is 365 g/mol.